The van der Waals surface area contributed by atoms with E-state index >= 15 is 0 Å². The van der Waals surface area contributed by atoms with Crippen molar-refractivity contribution in [3.63, 3.8) is 0 Å². The van der Waals surface area contributed by atoms with Gasteiger partial charge in [0.2, 0.25) is 0 Å². The summed E-state index contributed by atoms with van der Waals surface area (Å²) in [4.78, 5) is 11.4. The fourth-order valence-corrected chi connectivity index (χ4v) is 2.54. The number of carbonyl (C=O) groups is 1. The van der Waals surface area contributed by atoms with Crippen LogP contribution in [0.5, 0.6) is 11.5 Å². The maximum Gasteiger partial charge on any atom is 0.160 e. The van der Waals surface area contributed by atoms with E-state index in [0.717, 1.165) is 10.2 Å². The molecular weight excluding hydrogens is 316 g/mol. The number of halogens is 1. The van der Waals surface area contributed by atoms with Crippen molar-refractivity contribution in [2.75, 3.05) is 0 Å². The molecule has 0 aliphatic carbocycles. The smallest absolute Gasteiger partial charge is 0.160 e. The Morgan fingerprint density at radius 1 is 1.05 bits per heavy atom. The van der Waals surface area contributed by atoms with Gasteiger partial charge in [-0.05, 0) is 64.7 Å². The van der Waals surface area contributed by atoms with Crippen LogP contribution < -0.4 is 4.74 Å². The minimum atomic E-state index is 0.0321. The lowest BCUT2D eigenvalue weighted by Crippen LogP contribution is -1.94. The number of ether oxygens (including phenoxy) is 1. The van der Waals surface area contributed by atoms with Crippen LogP contribution in [0.2, 0.25) is 0 Å². The third kappa shape index (κ3) is 3.48. The maximum absolute atomic E-state index is 11.4. The SMILES string of the molecule is CC(=O)c1ccc(Oc2ccc(C(C)C)cc2)cc1Br. The van der Waals surface area contributed by atoms with Gasteiger partial charge in [0.1, 0.15) is 11.5 Å². The Kier molecular flexibility index (Phi) is 4.61. The third-order valence-electron chi connectivity index (χ3n) is 3.10. The van der Waals surface area contributed by atoms with Gasteiger partial charge in [-0.2, -0.15) is 0 Å². The summed E-state index contributed by atoms with van der Waals surface area (Å²) in [7, 11) is 0. The Morgan fingerprint density at radius 2 is 1.65 bits per heavy atom. The zero-order chi connectivity index (χ0) is 14.7. The second-order valence-electron chi connectivity index (χ2n) is 5.02. The third-order valence-corrected chi connectivity index (χ3v) is 3.76. The summed E-state index contributed by atoms with van der Waals surface area (Å²) in [6.07, 6.45) is 0. The van der Waals surface area contributed by atoms with Crippen LogP contribution >= 0.6 is 15.9 Å². The molecule has 0 aliphatic heterocycles. The molecule has 2 rings (SSSR count). The van der Waals surface area contributed by atoms with Crippen molar-refractivity contribution in [3.8, 4) is 11.5 Å². The highest BCUT2D eigenvalue weighted by atomic mass is 79.9. The molecule has 0 bridgehead atoms. The number of rotatable bonds is 4. The molecule has 0 fully saturated rings. The van der Waals surface area contributed by atoms with Crippen molar-refractivity contribution >= 4 is 21.7 Å². The summed E-state index contributed by atoms with van der Waals surface area (Å²) in [6, 6.07) is 13.4. The van der Waals surface area contributed by atoms with Crippen LogP contribution in [0.4, 0.5) is 0 Å². The largest absolute Gasteiger partial charge is 0.457 e. The van der Waals surface area contributed by atoms with Crippen LogP contribution in [0.25, 0.3) is 0 Å². The highest BCUT2D eigenvalue weighted by molar-refractivity contribution is 9.10. The molecule has 0 unspecified atom stereocenters. The number of Topliss-reactive ketones (excluding diaryl/α,β-unsaturated/α-hetero) is 1. The zero-order valence-electron chi connectivity index (χ0n) is 11.8. The normalized spacial score (nSPS) is 10.7. The lowest BCUT2D eigenvalue weighted by molar-refractivity contribution is 0.101. The van der Waals surface area contributed by atoms with Crippen molar-refractivity contribution < 1.29 is 9.53 Å². The van der Waals surface area contributed by atoms with Crippen molar-refractivity contribution in [1.29, 1.82) is 0 Å². The van der Waals surface area contributed by atoms with Crippen LogP contribution in [0, 0.1) is 0 Å². The average Bonchev–Trinajstić information content (AvgIpc) is 2.39. The lowest BCUT2D eigenvalue weighted by Gasteiger charge is -2.09. The summed E-state index contributed by atoms with van der Waals surface area (Å²) < 4.78 is 6.54. The predicted octanol–water partition coefficient (Wildman–Crippen LogP) is 5.57. The fourth-order valence-electron chi connectivity index (χ4n) is 1.90. The van der Waals surface area contributed by atoms with Crippen molar-refractivity contribution in [1.82, 2.24) is 0 Å². The topological polar surface area (TPSA) is 26.3 Å². The molecule has 2 aromatic rings. The molecular formula is C17H17BrO2. The quantitative estimate of drug-likeness (QED) is 0.684. The van der Waals surface area contributed by atoms with E-state index in [9.17, 15) is 4.79 Å². The Hall–Kier alpha value is -1.61. The second kappa shape index (κ2) is 6.23. The molecule has 0 heterocycles. The van der Waals surface area contributed by atoms with E-state index in [1.165, 1.54) is 5.56 Å². The van der Waals surface area contributed by atoms with Crippen molar-refractivity contribution in [3.05, 3.63) is 58.1 Å². The molecule has 0 aromatic heterocycles. The molecule has 0 amide bonds. The first-order chi connectivity index (χ1) is 9.47. The Bertz CT molecular complexity index is 615. The molecule has 0 spiro atoms. The monoisotopic (exact) mass is 332 g/mol. The first-order valence-corrected chi connectivity index (χ1v) is 7.35. The Morgan fingerprint density at radius 3 is 2.15 bits per heavy atom. The number of carbonyl (C=O) groups excluding carboxylic acids is 1. The molecule has 0 atom stereocenters. The fraction of sp³-hybridized carbons (Fsp3) is 0.235. The van der Waals surface area contributed by atoms with Gasteiger partial charge in [-0.1, -0.05) is 26.0 Å². The Balaban J connectivity index is 2.17. The summed E-state index contributed by atoms with van der Waals surface area (Å²) in [6.45, 7) is 5.87. The maximum atomic E-state index is 11.4. The highest BCUT2D eigenvalue weighted by Gasteiger charge is 2.07. The van der Waals surface area contributed by atoms with Crippen LogP contribution in [0.3, 0.4) is 0 Å². The van der Waals surface area contributed by atoms with Gasteiger partial charge in [-0.3, -0.25) is 4.79 Å². The van der Waals surface area contributed by atoms with Crippen molar-refractivity contribution in [2.45, 2.75) is 26.7 Å². The summed E-state index contributed by atoms with van der Waals surface area (Å²) in [5.74, 6) is 2.04. The minimum Gasteiger partial charge on any atom is -0.457 e. The zero-order valence-corrected chi connectivity index (χ0v) is 13.4. The van der Waals surface area contributed by atoms with E-state index in [1.54, 1.807) is 19.1 Å². The predicted molar refractivity (Wildman–Crippen MR) is 84.8 cm³/mol. The van der Waals surface area contributed by atoms with Gasteiger partial charge in [0.25, 0.3) is 0 Å². The van der Waals surface area contributed by atoms with E-state index in [4.69, 9.17) is 4.74 Å². The highest BCUT2D eigenvalue weighted by Crippen LogP contribution is 2.28. The van der Waals surface area contributed by atoms with Gasteiger partial charge in [0.15, 0.2) is 5.78 Å². The van der Waals surface area contributed by atoms with E-state index in [2.05, 4.69) is 41.9 Å². The summed E-state index contributed by atoms with van der Waals surface area (Å²) in [5, 5.41) is 0. The van der Waals surface area contributed by atoms with Gasteiger partial charge in [-0.15, -0.1) is 0 Å². The molecule has 2 nitrogen and oxygen atoms in total. The molecule has 2 aromatic carbocycles. The molecule has 104 valence electrons. The van der Waals surface area contributed by atoms with Crippen LogP contribution in [0.1, 0.15) is 42.6 Å². The van der Waals surface area contributed by atoms with E-state index in [0.29, 0.717) is 17.2 Å². The second-order valence-corrected chi connectivity index (χ2v) is 5.88. The van der Waals surface area contributed by atoms with Crippen LogP contribution in [0.15, 0.2) is 46.9 Å². The van der Waals surface area contributed by atoms with Gasteiger partial charge >= 0.3 is 0 Å². The van der Waals surface area contributed by atoms with Crippen LogP contribution in [-0.2, 0) is 0 Å². The minimum absolute atomic E-state index is 0.0321. The molecule has 0 N–H and O–H groups in total. The number of hydrogen-bond donors (Lipinski definition) is 0. The van der Waals surface area contributed by atoms with E-state index in [1.807, 2.05) is 18.2 Å². The average molecular weight is 333 g/mol. The van der Waals surface area contributed by atoms with Crippen molar-refractivity contribution in [2.24, 2.45) is 0 Å². The number of hydrogen-bond acceptors (Lipinski definition) is 2. The van der Waals surface area contributed by atoms with Gasteiger partial charge in [0, 0.05) is 10.0 Å². The standard InChI is InChI=1S/C17H17BrO2/c1-11(2)13-4-6-14(7-5-13)20-15-8-9-16(12(3)19)17(18)10-15/h4-11H,1-3H3. The summed E-state index contributed by atoms with van der Waals surface area (Å²) in [5.41, 5.74) is 1.94. The molecule has 0 saturated heterocycles. The molecule has 20 heavy (non-hydrogen) atoms. The molecule has 0 saturated carbocycles. The van der Waals surface area contributed by atoms with E-state index < -0.39 is 0 Å². The van der Waals surface area contributed by atoms with Gasteiger partial charge in [-0.25, -0.2) is 0 Å². The molecule has 3 heteroatoms. The first kappa shape index (κ1) is 14.8. The van der Waals surface area contributed by atoms with E-state index in [-0.39, 0.29) is 5.78 Å². The van der Waals surface area contributed by atoms with Gasteiger partial charge < -0.3 is 4.74 Å². The molecule has 0 aliphatic rings. The lowest BCUT2D eigenvalue weighted by atomic mass is 10.0. The Labute approximate surface area is 127 Å². The van der Waals surface area contributed by atoms with Crippen LogP contribution in [-0.4, -0.2) is 5.78 Å². The number of benzene rings is 2. The number of ketones is 1. The first-order valence-electron chi connectivity index (χ1n) is 6.55. The molecule has 0 radical (unpaired) electrons. The van der Waals surface area contributed by atoms with Gasteiger partial charge in [0.05, 0.1) is 0 Å². The summed E-state index contributed by atoms with van der Waals surface area (Å²) >= 11 is 3.39.